The molecule has 39 heavy (non-hydrogen) atoms. The maximum absolute atomic E-state index is 14.1. The summed E-state index contributed by atoms with van der Waals surface area (Å²) in [6, 6.07) is 14.6. The van der Waals surface area contributed by atoms with Crippen molar-refractivity contribution >= 4 is 34.9 Å². The van der Waals surface area contributed by atoms with E-state index in [1.54, 1.807) is 0 Å². The number of ether oxygens (including phenoxy) is 1. The predicted octanol–water partition coefficient (Wildman–Crippen LogP) is 7.33. The number of esters is 1. The standard InChI is InChI=1S/C33H43ClN2O3/c1-35(2)29-13-12-26(22-28(29)34)33-17-14-32(15-18-33,16-19-33)23-36(31(38)25-9-5-4-6-10-25)27-11-7-8-24(20-27)21-30(37)39-3/h7-8,11-13,20,22,25H,4-6,9-10,14-19,21,23H2,1-3H3. The molecule has 4 aliphatic rings. The molecule has 6 heteroatoms. The number of halogens is 1. The molecule has 4 fully saturated rings. The van der Waals surface area contributed by atoms with E-state index in [1.165, 1.54) is 19.1 Å². The van der Waals surface area contributed by atoms with Crippen LogP contribution in [-0.4, -0.2) is 39.6 Å². The van der Waals surface area contributed by atoms with Crippen molar-refractivity contribution in [2.45, 2.75) is 82.5 Å². The van der Waals surface area contributed by atoms with Gasteiger partial charge in [-0.1, -0.05) is 49.1 Å². The largest absolute Gasteiger partial charge is 0.469 e. The normalized spacial score (nSPS) is 24.8. The first-order valence-corrected chi connectivity index (χ1v) is 15.1. The van der Waals surface area contributed by atoms with Crippen molar-refractivity contribution in [1.82, 2.24) is 0 Å². The van der Waals surface area contributed by atoms with Crippen LogP contribution in [0.4, 0.5) is 11.4 Å². The van der Waals surface area contributed by atoms with Gasteiger partial charge in [0.05, 0.1) is 24.2 Å². The van der Waals surface area contributed by atoms with Gasteiger partial charge in [-0.2, -0.15) is 0 Å². The second-order valence-corrected chi connectivity index (χ2v) is 12.9. The highest BCUT2D eigenvalue weighted by atomic mass is 35.5. The molecule has 0 saturated heterocycles. The Morgan fingerprint density at radius 3 is 2.26 bits per heavy atom. The zero-order chi connectivity index (χ0) is 27.6. The fourth-order valence-electron chi connectivity index (χ4n) is 7.41. The average Bonchev–Trinajstić information content (AvgIpc) is 2.97. The predicted molar refractivity (Wildman–Crippen MR) is 159 cm³/mol. The Balaban J connectivity index is 1.38. The molecule has 210 valence electrons. The molecule has 2 aromatic rings. The Hall–Kier alpha value is -2.53. The van der Waals surface area contributed by atoms with Crippen molar-refractivity contribution in [3.05, 3.63) is 58.6 Å². The molecular formula is C33H43ClN2O3. The molecule has 4 aliphatic carbocycles. The number of nitrogens with zero attached hydrogens (tertiary/aromatic N) is 2. The average molecular weight is 551 g/mol. The molecule has 0 N–H and O–H groups in total. The van der Waals surface area contributed by atoms with E-state index in [2.05, 4.69) is 28.0 Å². The SMILES string of the molecule is COC(=O)Cc1cccc(N(CC23CCC(c4ccc(N(C)C)c(Cl)c4)(CC2)CC3)C(=O)C2CCCCC2)c1. The smallest absolute Gasteiger partial charge is 0.309 e. The van der Waals surface area contributed by atoms with Crippen LogP contribution in [0.3, 0.4) is 0 Å². The Labute approximate surface area is 238 Å². The lowest BCUT2D eigenvalue weighted by Crippen LogP contribution is -2.51. The third-order valence-corrected chi connectivity index (χ3v) is 10.3. The lowest BCUT2D eigenvalue weighted by atomic mass is 9.51. The van der Waals surface area contributed by atoms with Crippen molar-refractivity contribution in [2.24, 2.45) is 11.3 Å². The number of carbonyl (C=O) groups is 2. The van der Waals surface area contributed by atoms with Crippen molar-refractivity contribution < 1.29 is 14.3 Å². The van der Waals surface area contributed by atoms with Gasteiger partial charge in [0, 0.05) is 32.2 Å². The quantitative estimate of drug-likeness (QED) is 0.323. The van der Waals surface area contributed by atoms with Crippen molar-refractivity contribution in [3.63, 3.8) is 0 Å². The fourth-order valence-corrected chi connectivity index (χ4v) is 7.76. The van der Waals surface area contributed by atoms with Crippen LogP contribution >= 0.6 is 11.6 Å². The number of hydrogen-bond acceptors (Lipinski definition) is 4. The number of fused-ring (bicyclic) bond motifs is 3. The van der Waals surface area contributed by atoms with Gasteiger partial charge in [-0.25, -0.2) is 0 Å². The van der Waals surface area contributed by atoms with E-state index in [1.807, 2.05) is 38.4 Å². The van der Waals surface area contributed by atoms with E-state index < -0.39 is 0 Å². The highest BCUT2D eigenvalue weighted by Crippen LogP contribution is 2.58. The minimum Gasteiger partial charge on any atom is -0.469 e. The van der Waals surface area contributed by atoms with Gasteiger partial charge in [-0.05, 0) is 97.6 Å². The summed E-state index contributed by atoms with van der Waals surface area (Å²) < 4.78 is 4.90. The maximum atomic E-state index is 14.1. The number of carbonyl (C=O) groups excluding carboxylic acids is 2. The second-order valence-electron chi connectivity index (χ2n) is 12.5. The van der Waals surface area contributed by atoms with Gasteiger partial charge in [0.2, 0.25) is 5.91 Å². The Bertz CT molecular complexity index is 1180. The summed E-state index contributed by atoms with van der Waals surface area (Å²) in [6.07, 6.45) is 12.5. The van der Waals surface area contributed by atoms with Crippen LogP contribution in [0.15, 0.2) is 42.5 Å². The van der Waals surface area contributed by atoms with Gasteiger partial charge < -0.3 is 14.5 Å². The molecule has 0 aliphatic heterocycles. The number of benzene rings is 2. The highest BCUT2D eigenvalue weighted by molar-refractivity contribution is 6.33. The van der Waals surface area contributed by atoms with Crippen LogP contribution in [-0.2, 0) is 26.2 Å². The van der Waals surface area contributed by atoms with Crippen LogP contribution in [0.1, 0.15) is 81.8 Å². The minimum atomic E-state index is -0.259. The van der Waals surface area contributed by atoms with E-state index in [9.17, 15) is 9.59 Å². The first-order valence-electron chi connectivity index (χ1n) is 14.7. The Kier molecular flexibility index (Phi) is 8.28. The maximum Gasteiger partial charge on any atom is 0.309 e. The van der Waals surface area contributed by atoms with Crippen LogP contribution in [0.25, 0.3) is 0 Å². The summed E-state index contributed by atoms with van der Waals surface area (Å²) in [5.74, 6) is 0.112. The first kappa shape index (κ1) is 28.0. The molecule has 2 bridgehead atoms. The van der Waals surface area contributed by atoms with Gasteiger partial charge in [0.1, 0.15) is 0 Å². The molecule has 2 aromatic carbocycles. The molecule has 0 aromatic heterocycles. The summed E-state index contributed by atoms with van der Waals surface area (Å²) in [7, 11) is 5.47. The molecule has 5 nitrogen and oxygen atoms in total. The Morgan fingerprint density at radius 1 is 0.949 bits per heavy atom. The second kappa shape index (κ2) is 11.5. The van der Waals surface area contributed by atoms with Crippen LogP contribution in [0, 0.1) is 11.3 Å². The molecular weight excluding hydrogens is 508 g/mol. The number of hydrogen-bond donors (Lipinski definition) is 0. The zero-order valence-corrected chi connectivity index (χ0v) is 24.6. The van der Waals surface area contributed by atoms with Gasteiger partial charge in [-0.15, -0.1) is 0 Å². The third kappa shape index (κ3) is 5.84. The molecule has 0 radical (unpaired) electrons. The van der Waals surface area contributed by atoms with Crippen LogP contribution in [0.2, 0.25) is 5.02 Å². The fraction of sp³-hybridized carbons (Fsp3) is 0.576. The first-order chi connectivity index (χ1) is 18.7. The van der Waals surface area contributed by atoms with E-state index in [4.69, 9.17) is 16.3 Å². The van der Waals surface area contributed by atoms with E-state index in [-0.39, 0.29) is 35.0 Å². The van der Waals surface area contributed by atoms with Crippen molar-refractivity contribution in [1.29, 1.82) is 0 Å². The molecule has 0 heterocycles. The minimum absolute atomic E-state index is 0.100. The van der Waals surface area contributed by atoms with Gasteiger partial charge >= 0.3 is 5.97 Å². The van der Waals surface area contributed by atoms with Gasteiger partial charge in [0.15, 0.2) is 0 Å². The summed E-state index contributed by atoms with van der Waals surface area (Å²) in [5, 5.41) is 0.824. The van der Waals surface area contributed by atoms with E-state index in [0.29, 0.717) is 0 Å². The number of anilines is 2. The lowest BCUT2D eigenvalue weighted by Gasteiger charge is -2.55. The van der Waals surface area contributed by atoms with Gasteiger partial charge in [-0.3, -0.25) is 9.59 Å². The number of rotatable bonds is 8. The monoisotopic (exact) mass is 550 g/mol. The van der Waals surface area contributed by atoms with E-state index in [0.717, 1.165) is 92.7 Å². The molecule has 0 unspecified atom stereocenters. The van der Waals surface area contributed by atoms with Gasteiger partial charge in [0.25, 0.3) is 0 Å². The Morgan fingerprint density at radius 2 is 1.64 bits per heavy atom. The molecule has 0 spiro atoms. The van der Waals surface area contributed by atoms with Crippen LogP contribution < -0.4 is 9.80 Å². The number of methoxy groups -OCH3 is 1. The lowest BCUT2D eigenvalue weighted by molar-refractivity contribution is -0.139. The molecule has 0 atom stereocenters. The summed E-state index contributed by atoms with van der Waals surface area (Å²) in [4.78, 5) is 30.2. The van der Waals surface area contributed by atoms with E-state index >= 15 is 0 Å². The number of amides is 1. The molecule has 6 rings (SSSR count). The van der Waals surface area contributed by atoms with Crippen molar-refractivity contribution in [2.75, 3.05) is 37.5 Å². The third-order valence-electron chi connectivity index (χ3n) is 9.96. The zero-order valence-electron chi connectivity index (χ0n) is 23.8. The summed E-state index contributed by atoms with van der Waals surface area (Å²) in [5.41, 5.74) is 4.57. The van der Waals surface area contributed by atoms with Crippen LogP contribution in [0.5, 0.6) is 0 Å². The molecule has 4 saturated carbocycles. The van der Waals surface area contributed by atoms with Crippen molar-refractivity contribution in [3.8, 4) is 0 Å². The molecule has 1 amide bonds. The topological polar surface area (TPSA) is 49.9 Å². The highest BCUT2D eigenvalue weighted by Gasteiger charge is 2.50. The summed E-state index contributed by atoms with van der Waals surface area (Å²) >= 11 is 6.69. The summed E-state index contributed by atoms with van der Waals surface area (Å²) in [6.45, 7) is 0.764.